The minimum atomic E-state index is -0.919. The summed E-state index contributed by atoms with van der Waals surface area (Å²) in [6.07, 6.45) is -0.103. The zero-order chi connectivity index (χ0) is 8.27. The number of hydrogen-bond acceptors (Lipinski definition) is 5. The molecule has 6 heteroatoms. The third-order valence-electron chi connectivity index (χ3n) is 0.857. The van der Waals surface area contributed by atoms with Gasteiger partial charge in [0.15, 0.2) is 5.01 Å². The molecule has 0 bridgehead atoms. The quantitative estimate of drug-likeness (QED) is 0.693. The number of aliphatic carboxylic acids is 1. The lowest BCUT2D eigenvalue weighted by Crippen LogP contribution is -1.98. The third kappa shape index (κ3) is 2.32. The Bertz CT molecular complexity index is 284. The molecule has 0 unspecified atom stereocenters. The molecule has 1 N–H and O–H groups in total. The highest BCUT2D eigenvalue weighted by atomic mass is 32.1. The molecule has 0 amide bonds. The van der Waals surface area contributed by atoms with Crippen LogP contribution in [0.4, 0.5) is 0 Å². The number of nitrogens with zero attached hydrogens (tertiary/aromatic N) is 2. The van der Waals surface area contributed by atoms with Crippen LogP contribution in [-0.4, -0.2) is 26.6 Å². The van der Waals surface area contributed by atoms with Crippen LogP contribution in [0, 0.1) is 0 Å². The predicted octanol–water partition coefficient (Wildman–Crippen LogP) is 0.390. The van der Waals surface area contributed by atoms with E-state index in [0.29, 0.717) is 10.0 Å². The molecule has 0 fully saturated rings. The van der Waals surface area contributed by atoms with Gasteiger partial charge in [-0.25, -0.2) is 0 Å². The summed E-state index contributed by atoms with van der Waals surface area (Å²) in [4.78, 5) is 10.2. The fraction of sp³-hybridized carbons (Fsp3) is 0.200. The summed E-state index contributed by atoms with van der Waals surface area (Å²) in [5, 5.41) is 18.8. The molecule has 11 heavy (non-hydrogen) atoms. The Kier molecular flexibility index (Phi) is 2.61. The van der Waals surface area contributed by atoms with Crippen molar-refractivity contribution in [1.29, 1.82) is 0 Å². The first-order valence-electron chi connectivity index (χ1n) is 2.64. The Morgan fingerprint density at radius 2 is 2.45 bits per heavy atom. The lowest BCUT2D eigenvalue weighted by molar-refractivity contribution is -0.136. The van der Waals surface area contributed by atoms with Crippen molar-refractivity contribution < 1.29 is 9.90 Å². The number of thiocarbonyl (C=S) groups is 1. The summed E-state index contributed by atoms with van der Waals surface area (Å²) in [7, 11) is 0. The normalized spacial score (nSPS) is 9.45. The molecule has 1 heterocycles. The van der Waals surface area contributed by atoms with E-state index in [-0.39, 0.29) is 6.42 Å². The molecule has 0 aliphatic carbocycles. The highest BCUT2D eigenvalue weighted by molar-refractivity contribution is 7.79. The van der Waals surface area contributed by atoms with Crippen molar-refractivity contribution in [3.63, 3.8) is 0 Å². The van der Waals surface area contributed by atoms with Crippen molar-refractivity contribution in [3.05, 3.63) is 10.0 Å². The van der Waals surface area contributed by atoms with E-state index in [2.05, 4.69) is 27.8 Å². The number of aromatic nitrogens is 2. The van der Waals surface area contributed by atoms with Gasteiger partial charge in [0.25, 0.3) is 0 Å². The molecule has 1 aromatic heterocycles. The zero-order valence-electron chi connectivity index (χ0n) is 5.27. The van der Waals surface area contributed by atoms with Gasteiger partial charge in [-0.3, -0.25) is 4.79 Å². The predicted molar refractivity (Wildman–Crippen MR) is 42.9 cm³/mol. The molecule has 0 aliphatic heterocycles. The van der Waals surface area contributed by atoms with Crippen LogP contribution < -0.4 is 0 Å². The molecule has 57 valence electrons. The molecular formula is C5H3N2O2S2. The van der Waals surface area contributed by atoms with Crippen molar-refractivity contribution >= 4 is 34.9 Å². The number of carbonyl (C=O) groups is 1. The molecular weight excluding hydrogens is 184 g/mol. The first kappa shape index (κ1) is 8.22. The van der Waals surface area contributed by atoms with Crippen LogP contribution in [0.25, 0.3) is 0 Å². The van der Waals surface area contributed by atoms with Crippen LogP contribution in [0.5, 0.6) is 0 Å². The Balaban J connectivity index is 2.72. The summed E-state index contributed by atoms with van der Waals surface area (Å²) in [5.41, 5.74) is 0. The van der Waals surface area contributed by atoms with Gasteiger partial charge in [-0.15, -0.1) is 10.2 Å². The van der Waals surface area contributed by atoms with Crippen LogP contribution in [-0.2, 0) is 11.2 Å². The topological polar surface area (TPSA) is 63.1 Å². The van der Waals surface area contributed by atoms with Crippen LogP contribution >= 0.6 is 23.6 Å². The van der Waals surface area contributed by atoms with E-state index < -0.39 is 5.97 Å². The van der Waals surface area contributed by atoms with Gasteiger partial charge in [-0.1, -0.05) is 23.6 Å². The van der Waals surface area contributed by atoms with Gasteiger partial charge in [0, 0.05) is 0 Å². The number of carboxylic acids is 1. The van der Waals surface area contributed by atoms with Gasteiger partial charge in [0.05, 0.1) is 11.8 Å². The molecule has 1 rings (SSSR count). The largest absolute Gasteiger partial charge is 0.481 e. The van der Waals surface area contributed by atoms with Crippen molar-refractivity contribution in [3.8, 4) is 0 Å². The first-order chi connectivity index (χ1) is 5.22. The summed E-state index contributed by atoms with van der Waals surface area (Å²) in [5.74, 6) is -0.919. The van der Waals surface area contributed by atoms with E-state index >= 15 is 0 Å². The van der Waals surface area contributed by atoms with E-state index in [0.717, 1.165) is 11.3 Å². The van der Waals surface area contributed by atoms with Crippen molar-refractivity contribution in [2.24, 2.45) is 0 Å². The van der Waals surface area contributed by atoms with E-state index in [9.17, 15) is 4.79 Å². The maximum absolute atomic E-state index is 10.2. The maximum Gasteiger partial charge on any atom is 0.310 e. The zero-order valence-corrected chi connectivity index (χ0v) is 6.91. The van der Waals surface area contributed by atoms with Crippen LogP contribution in [0.3, 0.4) is 0 Å². The minimum Gasteiger partial charge on any atom is -0.481 e. The van der Waals surface area contributed by atoms with Crippen molar-refractivity contribution in [2.45, 2.75) is 6.42 Å². The lowest BCUT2D eigenvalue weighted by atomic mass is 10.5. The van der Waals surface area contributed by atoms with Crippen LogP contribution in [0.15, 0.2) is 0 Å². The smallest absolute Gasteiger partial charge is 0.310 e. The standard InChI is InChI=1S/C5H3N2O2S2/c8-5(9)1-3-6-7-4(2-10)11-3/h1H2,(H,8,9). The summed E-state index contributed by atoms with van der Waals surface area (Å²) < 4.78 is 0. The SMILES string of the molecule is O=C(O)Cc1nnc([C]=S)s1. The average molecular weight is 187 g/mol. The van der Waals surface area contributed by atoms with Gasteiger partial charge < -0.3 is 5.11 Å². The van der Waals surface area contributed by atoms with E-state index in [1.165, 1.54) is 0 Å². The Labute approximate surface area is 71.9 Å². The number of rotatable bonds is 3. The second-order valence-corrected chi connectivity index (χ2v) is 2.94. The third-order valence-corrected chi connectivity index (χ3v) is 2.02. The molecule has 1 aromatic rings. The summed E-state index contributed by atoms with van der Waals surface area (Å²) in [6, 6.07) is 0. The number of carboxylic acid groups (broad SMARTS) is 1. The first-order valence-corrected chi connectivity index (χ1v) is 3.87. The van der Waals surface area contributed by atoms with E-state index in [1.54, 1.807) is 0 Å². The molecule has 0 aliphatic rings. The van der Waals surface area contributed by atoms with E-state index in [1.807, 2.05) is 0 Å². The van der Waals surface area contributed by atoms with Crippen LogP contribution in [0.2, 0.25) is 0 Å². The second-order valence-electron chi connectivity index (χ2n) is 1.67. The molecule has 4 nitrogen and oxygen atoms in total. The molecule has 0 aromatic carbocycles. The van der Waals surface area contributed by atoms with Gasteiger partial charge in [0.1, 0.15) is 5.01 Å². The van der Waals surface area contributed by atoms with E-state index in [4.69, 9.17) is 5.11 Å². The second kappa shape index (κ2) is 3.49. The van der Waals surface area contributed by atoms with Gasteiger partial charge in [-0.05, 0) is 0 Å². The van der Waals surface area contributed by atoms with Crippen LogP contribution in [0.1, 0.15) is 10.0 Å². The molecule has 0 saturated carbocycles. The Morgan fingerprint density at radius 1 is 1.73 bits per heavy atom. The van der Waals surface area contributed by atoms with Crippen molar-refractivity contribution in [1.82, 2.24) is 10.2 Å². The fourth-order valence-electron chi connectivity index (χ4n) is 0.496. The Hall–Kier alpha value is -0.880. The van der Waals surface area contributed by atoms with Gasteiger partial charge in [0.2, 0.25) is 0 Å². The van der Waals surface area contributed by atoms with Gasteiger partial charge in [-0.2, -0.15) is 0 Å². The number of hydrogen-bond donors (Lipinski definition) is 1. The Morgan fingerprint density at radius 3 is 2.91 bits per heavy atom. The lowest BCUT2D eigenvalue weighted by Gasteiger charge is -1.82. The fourth-order valence-corrected chi connectivity index (χ4v) is 1.29. The molecule has 0 saturated heterocycles. The summed E-state index contributed by atoms with van der Waals surface area (Å²) in [6.45, 7) is 0. The molecule has 0 spiro atoms. The average Bonchev–Trinajstić information content (AvgIpc) is 2.34. The highest BCUT2D eigenvalue weighted by Crippen LogP contribution is 2.07. The maximum atomic E-state index is 10.2. The summed E-state index contributed by atoms with van der Waals surface area (Å²) >= 11 is 5.60. The molecule has 1 radical (unpaired) electrons. The molecule has 0 atom stereocenters. The monoisotopic (exact) mass is 187 g/mol. The van der Waals surface area contributed by atoms with Gasteiger partial charge >= 0.3 is 5.97 Å². The van der Waals surface area contributed by atoms with Crippen molar-refractivity contribution in [2.75, 3.05) is 0 Å². The minimum absolute atomic E-state index is 0.103. The highest BCUT2D eigenvalue weighted by Gasteiger charge is 2.05.